The van der Waals surface area contributed by atoms with Crippen molar-refractivity contribution in [1.29, 1.82) is 0 Å². The van der Waals surface area contributed by atoms with Crippen LogP contribution in [0, 0.1) is 6.92 Å². The average molecular weight is 365 g/mol. The maximum Gasteiger partial charge on any atom is 0.335 e. The summed E-state index contributed by atoms with van der Waals surface area (Å²) in [4.78, 5) is 11.1. The van der Waals surface area contributed by atoms with Gasteiger partial charge in [-0.25, -0.2) is 4.79 Å². The molecule has 0 amide bonds. The van der Waals surface area contributed by atoms with Crippen LogP contribution in [0.15, 0.2) is 43.0 Å². The molecule has 0 spiro atoms. The van der Waals surface area contributed by atoms with E-state index in [1.165, 1.54) is 16.7 Å². The Morgan fingerprint density at radius 2 is 1.48 bits per heavy atom. The van der Waals surface area contributed by atoms with E-state index in [0.29, 0.717) is 5.56 Å². The Hall–Kier alpha value is -2.35. The molecule has 2 heteroatoms. The summed E-state index contributed by atoms with van der Waals surface area (Å²) < 4.78 is 0. The molecule has 144 valence electrons. The molecule has 0 aliphatic carbocycles. The topological polar surface area (TPSA) is 37.3 Å². The van der Waals surface area contributed by atoms with Crippen molar-refractivity contribution in [3.05, 3.63) is 76.4 Å². The Bertz CT molecular complexity index is 862. The van der Waals surface area contributed by atoms with Crippen molar-refractivity contribution < 1.29 is 9.90 Å². The summed E-state index contributed by atoms with van der Waals surface area (Å²) in [6, 6.07) is 11.6. The molecule has 0 aromatic heterocycles. The minimum absolute atomic E-state index is 0.0255. The highest BCUT2D eigenvalue weighted by atomic mass is 16.4. The fourth-order valence-corrected chi connectivity index (χ4v) is 3.37. The molecule has 0 heterocycles. The summed E-state index contributed by atoms with van der Waals surface area (Å²) >= 11 is 0. The number of aromatic carboxylic acids is 1. The Morgan fingerprint density at radius 1 is 0.963 bits per heavy atom. The lowest BCUT2D eigenvalue weighted by Crippen LogP contribution is -2.24. The fourth-order valence-electron chi connectivity index (χ4n) is 3.37. The minimum atomic E-state index is -0.912. The van der Waals surface area contributed by atoms with Gasteiger partial charge in [0.1, 0.15) is 0 Å². The zero-order valence-electron chi connectivity index (χ0n) is 17.7. The quantitative estimate of drug-likeness (QED) is 0.638. The van der Waals surface area contributed by atoms with E-state index in [0.717, 1.165) is 23.1 Å². The fraction of sp³-hybridized carbons (Fsp3) is 0.400. The minimum Gasteiger partial charge on any atom is -0.478 e. The summed E-state index contributed by atoms with van der Waals surface area (Å²) in [5.41, 5.74) is 7.37. The molecule has 2 rings (SSSR count). The Morgan fingerprint density at radius 3 is 1.93 bits per heavy atom. The predicted molar refractivity (Wildman–Crippen MR) is 115 cm³/mol. The molecule has 0 saturated carbocycles. The summed E-state index contributed by atoms with van der Waals surface area (Å²) in [5, 5.41) is 9.11. The second kappa shape index (κ2) is 7.34. The van der Waals surface area contributed by atoms with Gasteiger partial charge in [-0.2, -0.15) is 0 Å². The maximum atomic E-state index is 11.1. The van der Waals surface area contributed by atoms with Crippen molar-refractivity contribution in [3.63, 3.8) is 0 Å². The van der Waals surface area contributed by atoms with Gasteiger partial charge in [-0.1, -0.05) is 72.4 Å². The van der Waals surface area contributed by atoms with Crippen LogP contribution in [0.4, 0.5) is 0 Å². The van der Waals surface area contributed by atoms with Gasteiger partial charge in [-0.05, 0) is 69.7 Å². The van der Waals surface area contributed by atoms with Crippen LogP contribution in [-0.4, -0.2) is 11.1 Å². The van der Waals surface area contributed by atoms with Crippen LogP contribution in [0.25, 0.3) is 5.57 Å². The van der Waals surface area contributed by atoms with E-state index in [4.69, 9.17) is 5.11 Å². The van der Waals surface area contributed by atoms with E-state index in [1.54, 1.807) is 12.1 Å². The number of benzene rings is 2. The Kier molecular flexibility index (Phi) is 5.70. The SMILES string of the molecule is C=C(c1ccc(C(=O)O)cc1)c1cc(C(C)(C)C)c(C(C)(C)CC)cc1C. The molecule has 1 N–H and O–H groups in total. The normalized spacial score (nSPS) is 12.1. The molecule has 2 aromatic carbocycles. The second-order valence-electron chi connectivity index (χ2n) is 9.06. The van der Waals surface area contributed by atoms with Crippen LogP contribution in [-0.2, 0) is 10.8 Å². The van der Waals surface area contributed by atoms with Gasteiger partial charge in [0.15, 0.2) is 0 Å². The zero-order chi connectivity index (χ0) is 20.6. The van der Waals surface area contributed by atoms with Crippen LogP contribution >= 0.6 is 0 Å². The third-order valence-electron chi connectivity index (χ3n) is 5.59. The van der Waals surface area contributed by atoms with Crippen LogP contribution < -0.4 is 0 Å². The number of rotatable bonds is 5. The smallest absolute Gasteiger partial charge is 0.335 e. The lowest BCUT2D eigenvalue weighted by Gasteiger charge is -2.33. The van der Waals surface area contributed by atoms with Gasteiger partial charge < -0.3 is 5.11 Å². The Balaban J connectivity index is 2.60. The summed E-state index contributed by atoms with van der Waals surface area (Å²) in [6.45, 7) is 20.0. The van der Waals surface area contributed by atoms with E-state index in [2.05, 4.69) is 67.2 Å². The van der Waals surface area contributed by atoms with Crippen molar-refractivity contribution in [3.8, 4) is 0 Å². The number of carbonyl (C=O) groups is 1. The molecule has 0 saturated heterocycles. The largest absolute Gasteiger partial charge is 0.478 e. The van der Waals surface area contributed by atoms with Gasteiger partial charge in [0.05, 0.1) is 5.56 Å². The van der Waals surface area contributed by atoms with Crippen molar-refractivity contribution in [2.45, 2.75) is 65.7 Å². The Labute approximate surface area is 163 Å². The van der Waals surface area contributed by atoms with Crippen molar-refractivity contribution in [2.75, 3.05) is 0 Å². The van der Waals surface area contributed by atoms with Crippen molar-refractivity contribution in [2.24, 2.45) is 0 Å². The summed E-state index contributed by atoms with van der Waals surface area (Å²) in [6.07, 6.45) is 1.08. The molecule has 0 radical (unpaired) electrons. The van der Waals surface area contributed by atoms with Gasteiger partial charge in [-0.15, -0.1) is 0 Å². The van der Waals surface area contributed by atoms with Crippen LogP contribution in [0.3, 0.4) is 0 Å². The molecule has 0 aliphatic rings. The van der Waals surface area contributed by atoms with Gasteiger partial charge in [-0.3, -0.25) is 0 Å². The molecule has 0 unspecified atom stereocenters. The van der Waals surface area contributed by atoms with E-state index >= 15 is 0 Å². The van der Waals surface area contributed by atoms with Gasteiger partial charge in [0.25, 0.3) is 0 Å². The first-order valence-electron chi connectivity index (χ1n) is 9.57. The van der Waals surface area contributed by atoms with Crippen LogP contribution in [0.5, 0.6) is 0 Å². The second-order valence-corrected chi connectivity index (χ2v) is 9.06. The molecule has 0 aliphatic heterocycles. The monoisotopic (exact) mass is 364 g/mol. The number of aryl methyl sites for hydroxylation is 1. The summed E-state index contributed by atoms with van der Waals surface area (Å²) in [5.74, 6) is -0.912. The van der Waals surface area contributed by atoms with Gasteiger partial charge in [0, 0.05) is 0 Å². The first-order valence-corrected chi connectivity index (χ1v) is 9.57. The van der Waals surface area contributed by atoms with E-state index in [-0.39, 0.29) is 10.8 Å². The van der Waals surface area contributed by atoms with E-state index in [1.807, 2.05) is 12.1 Å². The molecule has 0 atom stereocenters. The highest BCUT2D eigenvalue weighted by Crippen LogP contribution is 2.39. The maximum absolute atomic E-state index is 11.1. The van der Waals surface area contributed by atoms with Gasteiger partial charge in [0.2, 0.25) is 0 Å². The summed E-state index contributed by atoms with van der Waals surface area (Å²) in [7, 11) is 0. The number of carboxylic acid groups (broad SMARTS) is 1. The first-order chi connectivity index (χ1) is 12.4. The average Bonchev–Trinajstić information content (AvgIpc) is 2.60. The first kappa shape index (κ1) is 21.0. The standard InChI is InChI=1S/C25H32O2/c1-9-25(7,8)22-14-16(2)20(15-21(22)24(4,5)6)17(3)18-10-12-19(13-11-18)23(26)27/h10-15H,3,9H2,1-2,4-8H3,(H,26,27). The van der Waals surface area contributed by atoms with Crippen LogP contribution in [0.1, 0.15) is 86.1 Å². The highest BCUT2D eigenvalue weighted by molar-refractivity contribution is 5.89. The van der Waals surface area contributed by atoms with E-state index < -0.39 is 5.97 Å². The van der Waals surface area contributed by atoms with Gasteiger partial charge >= 0.3 is 5.97 Å². The molecular weight excluding hydrogens is 332 g/mol. The number of hydrogen-bond acceptors (Lipinski definition) is 1. The van der Waals surface area contributed by atoms with Crippen molar-refractivity contribution >= 4 is 11.5 Å². The molecule has 2 nitrogen and oxygen atoms in total. The van der Waals surface area contributed by atoms with E-state index in [9.17, 15) is 4.79 Å². The number of hydrogen-bond donors (Lipinski definition) is 1. The molecule has 2 aromatic rings. The third kappa shape index (κ3) is 4.32. The lowest BCUT2D eigenvalue weighted by atomic mass is 9.71. The molecule has 0 fully saturated rings. The van der Waals surface area contributed by atoms with Crippen LogP contribution in [0.2, 0.25) is 0 Å². The lowest BCUT2D eigenvalue weighted by molar-refractivity contribution is 0.0697. The number of carboxylic acids is 1. The molecule has 27 heavy (non-hydrogen) atoms. The molecular formula is C25H32O2. The highest BCUT2D eigenvalue weighted by Gasteiger charge is 2.28. The third-order valence-corrected chi connectivity index (χ3v) is 5.59. The predicted octanol–water partition coefficient (Wildman–Crippen LogP) is 6.74. The van der Waals surface area contributed by atoms with Crippen molar-refractivity contribution in [1.82, 2.24) is 0 Å². The molecule has 0 bridgehead atoms. The zero-order valence-corrected chi connectivity index (χ0v) is 17.7.